The molecule has 2 unspecified atom stereocenters. The van der Waals surface area contributed by atoms with Crippen LogP contribution in [-0.4, -0.2) is 37.7 Å². The maximum absolute atomic E-state index is 11.3. The molecule has 2 atom stereocenters. The molecule has 0 spiro atoms. The van der Waals surface area contributed by atoms with Crippen molar-refractivity contribution >= 4 is 5.91 Å². The molecule has 1 amide bonds. The summed E-state index contributed by atoms with van der Waals surface area (Å²) in [5.74, 6) is 0.162. The van der Waals surface area contributed by atoms with E-state index in [0.717, 1.165) is 45.4 Å². The van der Waals surface area contributed by atoms with Gasteiger partial charge in [-0.15, -0.1) is 0 Å². The third-order valence-corrected chi connectivity index (χ3v) is 2.94. The van der Waals surface area contributed by atoms with Gasteiger partial charge < -0.3 is 15.4 Å². The Bertz CT molecular complexity index is 200. The van der Waals surface area contributed by atoms with E-state index >= 15 is 0 Å². The highest BCUT2D eigenvalue weighted by atomic mass is 16.5. The van der Waals surface area contributed by atoms with E-state index < -0.39 is 0 Å². The van der Waals surface area contributed by atoms with Gasteiger partial charge in [0.15, 0.2) is 0 Å². The minimum absolute atomic E-state index is 0.0399. The van der Waals surface area contributed by atoms with Crippen molar-refractivity contribution < 1.29 is 9.53 Å². The van der Waals surface area contributed by atoms with Crippen molar-refractivity contribution in [1.82, 2.24) is 10.6 Å². The van der Waals surface area contributed by atoms with Crippen LogP contribution in [0.15, 0.2) is 0 Å². The second-order valence-electron chi connectivity index (χ2n) is 4.04. The SMILES string of the molecule is O=C1NCCC1NC1CCCOCC1. The Morgan fingerprint density at radius 3 is 3.00 bits per heavy atom. The van der Waals surface area contributed by atoms with Gasteiger partial charge in [-0.3, -0.25) is 4.79 Å². The summed E-state index contributed by atoms with van der Waals surface area (Å²) in [6, 6.07) is 0.504. The number of hydrogen-bond acceptors (Lipinski definition) is 3. The fourth-order valence-corrected chi connectivity index (χ4v) is 2.11. The summed E-state index contributed by atoms with van der Waals surface area (Å²) in [4.78, 5) is 11.3. The summed E-state index contributed by atoms with van der Waals surface area (Å²) in [6.07, 6.45) is 4.19. The smallest absolute Gasteiger partial charge is 0.237 e. The molecule has 0 saturated carbocycles. The molecule has 4 heteroatoms. The average Bonchev–Trinajstić information content (AvgIpc) is 2.44. The Hall–Kier alpha value is -0.610. The fraction of sp³-hybridized carbons (Fsp3) is 0.900. The van der Waals surface area contributed by atoms with E-state index in [0.29, 0.717) is 6.04 Å². The number of rotatable bonds is 2. The summed E-state index contributed by atoms with van der Waals surface area (Å²) >= 11 is 0. The first-order chi connectivity index (χ1) is 6.86. The molecule has 2 aliphatic heterocycles. The first kappa shape index (κ1) is 9.93. The third kappa shape index (κ3) is 2.45. The number of carbonyl (C=O) groups is 1. The molecule has 0 aromatic heterocycles. The van der Waals surface area contributed by atoms with Crippen LogP contribution in [0.3, 0.4) is 0 Å². The van der Waals surface area contributed by atoms with E-state index in [1.165, 1.54) is 0 Å². The number of ether oxygens (including phenoxy) is 1. The van der Waals surface area contributed by atoms with E-state index in [1.54, 1.807) is 0 Å². The molecule has 2 aliphatic rings. The van der Waals surface area contributed by atoms with Crippen molar-refractivity contribution in [3.8, 4) is 0 Å². The highest BCUT2D eigenvalue weighted by Crippen LogP contribution is 2.11. The molecule has 2 rings (SSSR count). The van der Waals surface area contributed by atoms with Crippen molar-refractivity contribution in [2.24, 2.45) is 0 Å². The Kier molecular flexibility index (Phi) is 3.37. The van der Waals surface area contributed by atoms with Crippen molar-refractivity contribution in [2.75, 3.05) is 19.8 Å². The summed E-state index contributed by atoms with van der Waals surface area (Å²) in [5.41, 5.74) is 0. The second kappa shape index (κ2) is 4.75. The number of carbonyl (C=O) groups excluding carboxylic acids is 1. The van der Waals surface area contributed by atoms with Crippen LogP contribution in [-0.2, 0) is 9.53 Å². The van der Waals surface area contributed by atoms with Gasteiger partial charge in [-0.1, -0.05) is 0 Å². The second-order valence-corrected chi connectivity index (χ2v) is 4.04. The molecule has 0 aromatic carbocycles. The van der Waals surface area contributed by atoms with Gasteiger partial charge in [-0.25, -0.2) is 0 Å². The van der Waals surface area contributed by atoms with Crippen LogP contribution < -0.4 is 10.6 Å². The standard InChI is InChI=1S/C10H18N2O2/c13-10-9(3-5-11-10)12-8-2-1-6-14-7-4-8/h8-9,12H,1-7H2,(H,11,13). The van der Waals surface area contributed by atoms with Crippen LogP contribution in [0.25, 0.3) is 0 Å². The maximum atomic E-state index is 11.3. The van der Waals surface area contributed by atoms with Crippen LogP contribution in [0, 0.1) is 0 Å². The summed E-state index contributed by atoms with van der Waals surface area (Å²) in [5, 5.41) is 6.26. The molecular formula is C10H18N2O2. The lowest BCUT2D eigenvalue weighted by Crippen LogP contribution is -2.42. The Labute approximate surface area is 84.4 Å². The molecule has 0 aromatic rings. The van der Waals surface area contributed by atoms with Crippen molar-refractivity contribution in [3.63, 3.8) is 0 Å². The van der Waals surface area contributed by atoms with Crippen LogP contribution in [0.5, 0.6) is 0 Å². The first-order valence-electron chi connectivity index (χ1n) is 5.48. The predicted molar refractivity (Wildman–Crippen MR) is 53.0 cm³/mol. The monoisotopic (exact) mass is 198 g/mol. The van der Waals surface area contributed by atoms with Gasteiger partial charge in [0.25, 0.3) is 0 Å². The molecule has 2 heterocycles. The Balaban J connectivity index is 1.80. The summed E-state index contributed by atoms with van der Waals surface area (Å²) in [6.45, 7) is 2.51. The van der Waals surface area contributed by atoms with Crippen molar-refractivity contribution in [2.45, 2.75) is 37.8 Å². The molecule has 2 fully saturated rings. The number of hydrogen-bond donors (Lipinski definition) is 2. The van der Waals surface area contributed by atoms with E-state index in [-0.39, 0.29) is 11.9 Å². The summed E-state index contributed by atoms with van der Waals surface area (Å²) < 4.78 is 5.38. The molecule has 2 N–H and O–H groups in total. The number of nitrogens with one attached hydrogen (secondary N) is 2. The van der Waals surface area contributed by atoms with Gasteiger partial charge in [0.05, 0.1) is 6.04 Å². The Morgan fingerprint density at radius 1 is 1.29 bits per heavy atom. The van der Waals surface area contributed by atoms with Crippen molar-refractivity contribution in [3.05, 3.63) is 0 Å². The molecule has 14 heavy (non-hydrogen) atoms. The van der Waals surface area contributed by atoms with Gasteiger partial charge in [-0.05, 0) is 25.7 Å². The largest absolute Gasteiger partial charge is 0.381 e. The van der Waals surface area contributed by atoms with Crippen LogP contribution >= 0.6 is 0 Å². The minimum atomic E-state index is 0.0399. The minimum Gasteiger partial charge on any atom is -0.381 e. The topological polar surface area (TPSA) is 50.4 Å². The quantitative estimate of drug-likeness (QED) is 0.658. The summed E-state index contributed by atoms with van der Waals surface area (Å²) in [7, 11) is 0. The normalized spacial score (nSPS) is 33.9. The predicted octanol–water partition coefficient (Wildman–Crippen LogP) is 0.0336. The molecule has 0 bridgehead atoms. The highest BCUT2D eigenvalue weighted by Gasteiger charge is 2.26. The highest BCUT2D eigenvalue weighted by molar-refractivity contribution is 5.83. The molecular weight excluding hydrogens is 180 g/mol. The fourth-order valence-electron chi connectivity index (χ4n) is 2.11. The van der Waals surface area contributed by atoms with E-state index in [9.17, 15) is 4.79 Å². The van der Waals surface area contributed by atoms with Gasteiger partial charge in [0, 0.05) is 25.8 Å². The van der Waals surface area contributed by atoms with Gasteiger partial charge >= 0.3 is 0 Å². The van der Waals surface area contributed by atoms with E-state index in [2.05, 4.69) is 10.6 Å². The molecule has 0 aliphatic carbocycles. The molecule has 2 saturated heterocycles. The van der Waals surface area contributed by atoms with E-state index in [1.807, 2.05) is 0 Å². The van der Waals surface area contributed by atoms with Gasteiger partial charge in [0.1, 0.15) is 0 Å². The van der Waals surface area contributed by atoms with Gasteiger partial charge in [0.2, 0.25) is 5.91 Å². The zero-order chi connectivity index (χ0) is 9.80. The lowest BCUT2D eigenvalue weighted by Gasteiger charge is -2.19. The van der Waals surface area contributed by atoms with Crippen molar-refractivity contribution in [1.29, 1.82) is 0 Å². The third-order valence-electron chi connectivity index (χ3n) is 2.94. The Morgan fingerprint density at radius 2 is 2.21 bits per heavy atom. The van der Waals surface area contributed by atoms with Crippen LogP contribution in [0.4, 0.5) is 0 Å². The molecule has 0 radical (unpaired) electrons. The van der Waals surface area contributed by atoms with Gasteiger partial charge in [-0.2, -0.15) is 0 Å². The molecule has 4 nitrogen and oxygen atoms in total. The number of amides is 1. The zero-order valence-electron chi connectivity index (χ0n) is 8.42. The van der Waals surface area contributed by atoms with Crippen LogP contribution in [0.1, 0.15) is 25.7 Å². The zero-order valence-corrected chi connectivity index (χ0v) is 8.42. The lowest BCUT2D eigenvalue weighted by atomic mass is 10.1. The van der Waals surface area contributed by atoms with Crippen LogP contribution in [0.2, 0.25) is 0 Å². The average molecular weight is 198 g/mol. The lowest BCUT2D eigenvalue weighted by molar-refractivity contribution is -0.121. The van der Waals surface area contributed by atoms with E-state index in [4.69, 9.17) is 4.74 Å². The maximum Gasteiger partial charge on any atom is 0.237 e. The molecule has 80 valence electrons. The first-order valence-corrected chi connectivity index (χ1v) is 5.48.